The molecule has 1 aromatic carbocycles. The van der Waals surface area contributed by atoms with Crippen LogP contribution in [0.15, 0.2) is 51.9 Å². The van der Waals surface area contributed by atoms with Gasteiger partial charge in [-0.3, -0.25) is 9.59 Å². The van der Waals surface area contributed by atoms with Crippen molar-refractivity contribution < 1.29 is 9.59 Å². The minimum absolute atomic E-state index is 0.118. The van der Waals surface area contributed by atoms with E-state index in [0.29, 0.717) is 10.6 Å². The second kappa shape index (κ2) is 8.45. The number of likely N-dealkylation sites (tertiary alicyclic amines) is 1. The quantitative estimate of drug-likeness (QED) is 0.752. The Labute approximate surface area is 159 Å². The third-order valence-electron chi connectivity index (χ3n) is 4.05. The fourth-order valence-electron chi connectivity index (χ4n) is 2.74. The summed E-state index contributed by atoms with van der Waals surface area (Å²) in [5, 5.41) is 4.66. The van der Waals surface area contributed by atoms with Gasteiger partial charge >= 0.3 is 0 Å². The molecule has 2 heterocycles. The molecule has 1 fully saturated rings. The highest BCUT2D eigenvalue weighted by molar-refractivity contribution is 9.10. The van der Waals surface area contributed by atoms with Gasteiger partial charge in [-0.2, -0.15) is 0 Å². The molecule has 1 aromatic heterocycles. The number of halogens is 1. The molecular formula is C19H19BrN2O2S. The van der Waals surface area contributed by atoms with Gasteiger partial charge in [0, 0.05) is 17.6 Å². The number of hydrogen-bond donors (Lipinski definition) is 1. The molecule has 2 amide bonds. The van der Waals surface area contributed by atoms with Gasteiger partial charge in [-0.15, -0.1) is 11.3 Å². The number of carbonyl (C=O) groups is 2. The van der Waals surface area contributed by atoms with Gasteiger partial charge in [0.05, 0.1) is 4.88 Å². The molecule has 0 unspecified atom stereocenters. The predicted molar refractivity (Wildman–Crippen MR) is 104 cm³/mol. The Morgan fingerprint density at radius 3 is 2.44 bits per heavy atom. The maximum atomic E-state index is 12.9. The smallest absolute Gasteiger partial charge is 0.270 e. The zero-order valence-electron chi connectivity index (χ0n) is 13.7. The fraction of sp³-hybridized carbons (Fsp3) is 0.263. The first-order valence-electron chi connectivity index (χ1n) is 8.25. The lowest BCUT2D eigenvalue weighted by molar-refractivity contribution is -0.128. The Hall–Kier alpha value is -1.92. The van der Waals surface area contributed by atoms with Crippen LogP contribution in [0.5, 0.6) is 0 Å². The minimum Gasteiger partial charge on any atom is -0.337 e. The number of hydrogen-bond acceptors (Lipinski definition) is 3. The van der Waals surface area contributed by atoms with Gasteiger partial charge in [0.2, 0.25) is 0 Å². The van der Waals surface area contributed by atoms with E-state index in [4.69, 9.17) is 0 Å². The van der Waals surface area contributed by atoms with Crippen molar-refractivity contribution in [2.75, 3.05) is 13.1 Å². The number of thiophene rings is 1. The zero-order valence-corrected chi connectivity index (χ0v) is 16.1. The summed E-state index contributed by atoms with van der Waals surface area (Å²) in [4.78, 5) is 27.8. The van der Waals surface area contributed by atoms with Gasteiger partial charge in [0.15, 0.2) is 0 Å². The van der Waals surface area contributed by atoms with Gasteiger partial charge in [-0.1, -0.05) is 34.1 Å². The van der Waals surface area contributed by atoms with Crippen LogP contribution in [0.1, 0.15) is 34.5 Å². The van der Waals surface area contributed by atoms with Crippen molar-refractivity contribution in [3.8, 4) is 0 Å². The number of piperidine rings is 1. The molecular weight excluding hydrogens is 400 g/mol. The second-order valence-electron chi connectivity index (χ2n) is 5.89. The Kier molecular flexibility index (Phi) is 6.04. The lowest BCUT2D eigenvalue weighted by Gasteiger charge is -2.27. The number of carbonyl (C=O) groups excluding carboxylic acids is 2. The maximum absolute atomic E-state index is 12.9. The van der Waals surface area contributed by atoms with Crippen molar-refractivity contribution in [3.05, 3.63) is 62.4 Å². The third kappa shape index (κ3) is 4.80. The van der Waals surface area contributed by atoms with Gasteiger partial charge in [-0.05, 0) is 54.5 Å². The first kappa shape index (κ1) is 17.9. The molecule has 0 spiro atoms. The van der Waals surface area contributed by atoms with Crippen LogP contribution in [-0.4, -0.2) is 29.8 Å². The van der Waals surface area contributed by atoms with Crippen LogP contribution >= 0.6 is 27.3 Å². The average Bonchev–Trinajstić information content (AvgIpc) is 3.18. The monoisotopic (exact) mass is 418 g/mol. The number of nitrogens with zero attached hydrogens (tertiary/aromatic N) is 1. The lowest BCUT2D eigenvalue weighted by atomic mass is 10.1. The standard InChI is InChI=1S/C19H19BrN2O2S/c20-15-8-6-14(7-9-15)13-16(19(24)22-10-2-1-3-11-22)21-18(23)17-5-4-12-25-17/h4-9,12-13H,1-3,10-11H2,(H,21,23). The van der Waals surface area contributed by atoms with Crippen LogP contribution in [-0.2, 0) is 4.79 Å². The van der Waals surface area contributed by atoms with Crippen molar-refractivity contribution in [1.29, 1.82) is 0 Å². The van der Waals surface area contributed by atoms with Crippen LogP contribution in [0.3, 0.4) is 0 Å². The molecule has 4 nitrogen and oxygen atoms in total. The molecule has 2 aromatic rings. The molecule has 1 aliphatic heterocycles. The van der Waals surface area contributed by atoms with Crippen LogP contribution in [0.4, 0.5) is 0 Å². The molecule has 1 N–H and O–H groups in total. The summed E-state index contributed by atoms with van der Waals surface area (Å²) in [6.07, 6.45) is 4.92. The largest absolute Gasteiger partial charge is 0.337 e. The van der Waals surface area contributed by atoms with E-state index in [9.17, 15) is 9.59 Å². The molecule has 0 aliphatic carbocycles. The van der Waals surface area contributed by atoms with Crippen LogP contribution < -0.4 is 5.32 Å². The van der Waals surface area contributed by atoms with E-state index in [1.807, 2.05) is 40.6 Å². The number of benzene rings is 1. The first-order valence-corrected chi connectivity index (χ1v) is 9.92. The molecule has 6 heteroatoms. The fourth-order valence-corrected chi connectivity index (χ4v) is 3.62. The van der Waals surface area contributed by atoms with Gasteiger partial charge < -0.3 is 10.2 Å². The van der Waals surface area contributed by atoms with Crippen molar-refractivity contribution in [2.24, 2.45) is 0 Å². The first-order chi connectivity index (χ1) is 12.1. The topological polar surface area (TPSA) is 49.4 Å². The molecule has 0 bridgehead atoms. The Balaban J connectivity index is 1.85. The van der Waals surface area contributed by atoms with E-state index in [0.717, 1.165) is 42.4 Å². The second-order valence-corrected chi connectivity index (χ2v) is 7.76. The van der Waals surface area contributed by atoms with Crippen LogP contribution in [0.2, 0.25) is 0 Å². The Morgan fingerprint density at radius 1 is 1.08 bits per heavy atom. The summed E-state index contributed by atoms with van der Waals surface area (Å²) in [7, 11) is 0. The molecule has 130 valence electrons. The van der Waals surface area contributed by atoms with Crippen molar-refractivity contribution in [3.63, 3.8) is 0 Å². The molecule has 25 heavy (non-hydrogen) atoms. The van der Waals surface area contributed by atoms with Crippen molar-refractivity contribution in [2.45, 2.75) is 19.3 Å². The third-order valence-corrected chi connectivity index (χ3v) is 5.45. The van der Waals surface area contributed by atoms with E-state index in [1.165, 1.54) is 11.3 Å². The number of nitrogens with one attached hydrogen (secondary N) is 1. The summed E-state index contributed by atoms with van der Waals surface area (Å²) in [5.41, 5.74) is 1.19. The average molecular weight is 419 g/mol. The lowest BCUT2D eigenvalue weighted by Crippen LogP contribution is -2.41. The van der Waals surface area contributed by atoms with Gasteiger partial charge in [0.1, 0.15) is 5.70 Å². The number of amides is 2. The van der Waals surface area contributed by atoms with E-state index in [1.54, 1.807) is 12.1 Å². The summed E-state index contributed by atoms with van der Waals surface area (Å²) < 4.78 is 0.969. The normalized spacial score (nSPS) is 15.1. The van der Waals surface area contributed by atoms with Crippen molar-refractivity contribution >= 4 is 45.2 Å². The number of rotatable bonds is 4. The summed E-state index contributed by atoms with van der Waals surface area (Å²) in [6.45, 7) is 1.48. The molecule has 0 radical (unpaired) electrons. The highest BCUT2D eigenvalue weighted by Gasteiger charge is 2.22. The van der Waals surface area contributed by atoms with E-state index in [2.05, 4.69) is 21.2 Å². The van der Waals surface area contributed by atoms with E-state index in [-0.39, 0.29) is 11.8 Å². The van der Waals surface area contributed by atoms with Gasteiger partial charge in [-0.25, -0.2) is 0 Å². The van der Waals surface area contributed by atoms with Gasteiger partial charge in [0.25, 0.3) is 11.8 Å². The summed E-state index contributed by atoms with van der Waals surface area (Å²) in [5.74, 6) is -0.365. The summed E-state index contributed by atoms with van der Waals surface area (Å²) in [6, 6.07) is 11.2. The van der Waals surface area contributed by atoms with Crippen molar-refractivity contribution in [1.82, 2.24) is 10.2 Å². The van der Waals surface area contributed by atoms with E-state index < -0.39 is 0 Å². The zero-order chi connectivity index (χ0) is 17.6. The Morgan fingerprint density at radius 2 is 1.80 bits per heavy atom. The molecule has 1 saturated heterocycles. The predicted octanol–water partition coefficient (Wildman–Crippen LogP) is 4.29. The highest BCUT2D eigenvalue weighted by atomic mass is 79.9. The molecule has 0 saturated carbocycles. The molecule has 1 aliphatic rings. The maximum Gasteiger partial charge on any atom is 0.270 e. The van der Waals surface area contributed by atoms with Crippen LogP contribution in [0.25, 0.3) is 6.08 Å². The summed E-state index contributed by atoms with van der Waals surface area (Å²) >= 11 is 4.76. The Bertz CT molecular complexity index is 763. The highest BCUT2D eigenvalue weighted by Crippen LogP contribution is 2.17. The molecule has 0 atom stereocenters. The van der Waals surface area contributed by atoms with Crippen LogP contribution in [0, 0.1) is 0 Å². The molecule has 3 rings (SSSR count). The van der Waals surface area contributed by atoms with E-state index >= 15 is 0 Å². The SMILES string of the molecule is O=C(NC(=Cc1ccc(Br)cc1)C(=O)N1CCCCC1)c1cccs1. The minimum atomic E-state index is -0.247.